The first-order valence-electron chi connectivity index (χ1n) is 4.62. The van der Waals surface area contributed by atoms with Crippen LogP contribution in [0, 0.1) is 10.1 Å². The summed E-state index contributed by atoms with van der Waals surface area (Å²) in [6, 6.07) is 9.19. The van der Waals surface area contributed by atoms with E-state index in [1.807, 2.05) is 0 Å². The molecular weight excluding hydrogens is 306 g/mol. The van der Waals surface area contributed by atoms with Crippen LogP contribution in [0.1, 0.15) is 15.2 Å². The van der Waals surface area contributed by atoms with E-state index in [1.165, 1.54) is 29.5 Å². The Morgan fingerprint density at radius 3 is 2.65 bits per heavy atom. The summed E-state index contributed by atoms with van der Waals surface area (Å²) in [6.07, 6.45) is 0. The highest BCUT2D eigenvalue weighted by Crippen LogP contribution is 2.25. The smallest absolute Gasteiger partial charge is 0.270 e. The molecule has 0 fully saturated rings. The fraction of sp³-hybridized carbons (Fsp3) is 0. The molecule has 0 aliphatic rings. The summed E-state index contributed by atoms with van der Waals surface area (Å²) in [7, 11) is 0. The van der Waals surface area contributed by atoms with Crippen molar-refractivity contribution in [2.45, 2.75) is 0 Å². The third kappa shape index (κ3) is 2.59. The van der Waals surface area contributed by atoms with Crippen LogP contribution in [0.4, 0.5) is 5.69 Å². The lowest BCUT2D eigenvalue weighted by molar-refractivity contribution is -0.384. The second-order valence-corrected chi connectivity index (χ2v) is 5.70. The summed E-state index contributed by atoms with van der Waals surface area (Å²) in [4.78, 5) is 22.6. The van der Waals surface area contributed by atoms with Gasteiger partial charge in [0.25, 0.3) is 5.69 Å². The first-order valence-corrected chi connectivity index (χ1v) is 6.23. The molecule has 0 saturated carbocycles. The zero-order valence-electron chi connectivity index (χ0n) is 8.42. The van der Waals surface area contributed by atoms with Crippen molar-refractivity contribution in [1.29, 1.82) is 0 Å². The number of nitro benzene ring substituents is 1. The van der Waals surface area contributed by atoms with Crippen molar-refractivity contribution in [2.75, 3.05) is 0 Å². The van der Waals surface area contributed by atoms with E-state index in [1.54, 1.807) is 18.2 Å². The Balaban J connectivity index is 2.37. The van der Waals surface area contributed by atoms with E-state index in [0.717, 1.165) is 3.79 Å². The molecule has 0 radical (unpaired) electrons. The minimum atomic E-state index is -0.513. The van der Waals surface area contributed by atoms with Crippen molar-refractivity contribution < 1.29 is 9.72 Å². The Bertz CT molecular complexity index is 594. The number of nitro groups is 1. The predicted molar refractivity (Wildman–Crippen MR) is 68.5 cm³/mol. The van der Waals surface area contributed by atoms with E-state index in [0.29, 0.717) is 10.4 Å². The van der Waals surface area contributed by atoms with Crippen molar-refractivity contribution in [3.63, 3.8) is 0 Å². The number of non-ortho nitro benzene ring substituents is 1. The average molecular weight is 312 g/mol. The van der Waals surface area contributed by atoms with Gasteiger partial charge in [-0.2, -0.15) is 0 Å². The first-order chi connectivity index (χ1) is 8.08. The van der Waals surface area contributed by atoms with Gasteiger partial charge in [-0.05, 0) is 28.1 Å². The molecule has 2 aromatic rings. The molecule has 86 valence electrons. The number of rotatable bonds is 3. The van der Waals surface area contributed by atoms with Crippen LogP contribution in [0.5, 0.6) is 0 Å². The minimum absolute atomic E-state index is 0.0773. The lowest BCUT2D eigenvalue weighted by atomic mass is 10.1. The maximum atomic E-state index is 12.0. The van der Waals surface area contributed by atoms with Crippen molar-refractivity contribution in [1.82, 2.24) is 0 Å². The number of halogens is 1. The van der Waals surface area contributed by atoms with Gasteiger partial charge in [-0.3, -0.25) is 14.9 Å². The second-order valence-electron chi connectivity index (χ2n) is 3.24. The fourth-order valence-electron chi connectivity index (χ4n) is 1.34. The molecule has 0 aliphatic heterocycles. The Kier molecular flexibility index (Phi) is 3.35. The van der Waals surface area contributed by atoms with Crippen LogP contribution in [0.25, 0.3) is 0 Å². The van der Waals surface area contributed by atoms with Crippen LogP contribution < -0.4 is 0 Å². The van der Waals surface area contributed by atoms with Gasteiger partial charge in [0, 0.05) is 17.7 Å². The van der Waals surface area contributed by atoms with E-state index in [4.69, 9.17) is 0 Å². The maximum Gasteiger partial charge on any atom is 0.270 e. The number of hydrogen-bond acceptors (Lipinski definition) is 4. The van der Waals surface area contributed by atoms with Gasteiger partial charge in [-0.25, -0.2) is 0 Å². The van der Waals surface area contributed by atoms with E-state index >= 15 is 0 Å². The summed E-state index contributed by atoms with van der Waals surface area (Å²) < 4.78 is 0.853. The molecule has 0 N–H and O–H groups in total. The number of benzene rings is 1. The van der Waals surface area contributed by atoms with E-state index < -0.39 is 4.92 Å². The van der Waals surface area contributed by atoms with Crippen LogP contribution in [-0.4, -0.2) is 10.7 Å². The van der Waals surface area contributed by atoms with Crippen molar-refractivity contribution in [2.24, 2.45) is 0 Å². The van der Waals surface area contributed by atoms with Gasteiger partial charge in [-0.1, -0.05) is 12.1 Å². The quantitative estimate of drug-likeness (QED) is 0.494. The standard InChI is InChI=1S/C11H6BrNO3S/c12-10-5-4-9(17-10)11(14)7-2-1-3-8(6-7)13(15)16/h1-6H. The van der Waals surface area contributed by atoms with Crippen molar-refractivity contribution in [3.05, 3.63) is 60.7 Å². The third-order valence-electron chi connectivity index (χ3n) is 2.12. The number of thiophene rings is 1. The number of hydrogen-bond donors (Lipinski definition) is 0. The zero-order valence-corrected chi connectivity index (χ0v) is 10.8. The maximum absolute atomic E-state index is 12.0. The van der Waals surface area contributed by atoms with Gasteiger partial charge in [0.1, 0.15) is 0 Å². The van der Waals surface area contributed by atoms with Crippen molar-refractivity contribution >= 4 is 38.7 Å². The normalized spacial score (nSPS) is 10.2. The van der Waals surface area contributed by atoms with E-state index in [9.17, 15) is 14.9 Å². The van der Waals surface area contributed by atoms with Crippen LogP contribution in [0.3, 0.4) is 0 Å². The third-order valence-corrected chi connectivity index (χ3v) is 3.74. The zero-order chi connectivity index (χ0) is 12.4. The molecule has 0 spiro atoms. The molecule has 1 aromatic carbocycles. The Labute approximate surface area is 109 Å². The van der Waals surface area contributed by atoms with Gasteiger partial charge in [-0.15, -0.1) is 11.3 Å². The molecular formula is C11H6BrNO3S. The molecule has 4 nitrogen and oxygen atoms in total. The summed E-state index contributed by atoms with van der Waals surface area (Å²) in [5.41, 5.74) is 0.250. The van der Waals surface area contributed by atoms with Gasteiger partial charge < -0.3 is 0 Å². The highest BCUT2D eigenvalue weighted by atomic mass is 79.9. The monoisotopic (exact) mass is 311 g/mol. The van der Waals surface area contributed by atoms with Gasteiger partial charge >= 0.3 is 0 Å². The van der Waals surface area contributed by atoms with E-state index in [2.05, 4.69) is 15.9 Å². The Morgan fingerprint density at radius 1 is 1.29 bits per heavy atom. The van der Waals surface area contributed by atoms with Crippen LogP contribution in [-0.2, 0) is 0 Å². The summed E-state index contributed by atoms with van der Waals surface area (Å²) in [6.45, 7) is 0. The minimum Gasteiger partial charge on any atom is -0.288 e. The fourth-order valence-corrected chi connectivity index (χ4v) is 2.69. The summed E-state index contributed by atoms with van der Waals surface area (Å²) >= 11 is 4.57. The topological polar surface area (TPSA) is 60.2 Å². The number of carbonyl (C=O) groups is 1. The highest BCUT2D eigenvalue weighted by Gasteiger charge is 2.14. The number of nitrogens with zero attached hydrogens (tertiary/aromatic N) is 1. The molecule has 1 heterocycles. The Hall–Kier alpha value is -1.53. The molecule has 0 atom stereocenters. The van der Waals surface area contributed by atoms with E-state index in [-0.39, 0.29) is 11.5 Å². The second kappa shape index (κ2) is 4.77. The largest absolute Gasteiger partial charge is 0.288 e. The van der Waals surface area contributed by atoms with Gasteiger partial charge in [0.05, 0.1) is 13.6 Å². The molecule has 0 saturated heterocycles. The summed E-state index contributed by atoms with van der Waals surface area (Å²) in [5, 5.41) is 10.6. The average Bonchev–Trinajstić information content (AvgIpc) is 2.75. The molecule has 6 heteroatoms. The molecule has 1 aromatic heterocycles. The lowest BCUT2D eigenvalue weighted by Gasteiger charge is -1.97. The number of carbonyl (C=O) groups excluding carboxylic acids is 1. The lowest BCUT2D eigenvalue weighted by Crippen LogP contribution is -1.99. The first kappa shape index (κ1) is 11.9. The SMILES string of the molecule is O=C(c1cccc([N+](=O)[O-])c1)c1ccc(Br)s1. The summed E-state index contributed by atoms with van der Waals surface area (Å²) in [5.74, 6) is -0.204. The number of ketones is 1. The van der Waals surface area contributed by atoms with Crippen LogP contribution in [0.15, 0.2) is 40.2 Å². The molecule has 0 bridgehead atoms. The predicted octanol–water partition coefficient (Wildman–Crippen LogP) is 3.65. The Morgan fingerprint density at radius 2 is 2.06 bits per heavy atom. The molecule has 0 unspecified atom stereocenters. The van der Waals surface area contributed by atoms with Crippen LogP contribution in [0.2, 0.25) is 0 Å². The molecule has 0 aliphatic carbocycles. The molecule has 17 heavy (non-hydrogen) atoms. The van der Waals surface area contributed by atoms with Crippen molar-refractivity contribution in [3.8, 4) is 0 Å². The highest BCUT2D eigenvalue weighted by molar-refractivity contribution is 9.11. The van der Waals surface area contributed by atoms with Gasteiger partial charge in [0.2, 0.25) is 5.78 Å². The van der Waals surface area contributed by atoms with Gasteiger partial charge in [0.15, 0.2) is 0 Å². The van der Waals surface area contributed by atoms with Crippen LogP contribution >= 0.6 is 27.3 Å². The molecule has 0 amide bonds. The molecule has 2 rings (SSSR count).